The monoisotopic (exact) mass is 208 g/mol. The summed E-state index contributed by atoms with van der Waals surface area (Å²) in [5.74, 6) is -0.0518. The molecule has 3 heteroatoms. The molecule has 0 radical (unpaired) electrons. The molecule has 1 atom stereocenters. The third-order valence-electron chi connectivity index (χ3n) is 2.77. The van der Waals surface area contributed by atoms with Crippen LogP contribution in [0.15, 0.2) is 18.2 Å². The Hall–Kier alpha value is -1.22. The van der Waals surface area contributed by atoms with Gasteiger partial charge in [-0.05, 0) is 24.1 Å². The summed E-state index contributed by atoms with van der Waals surface area (Å²) in [6, 6.07) is 4.89. The number of rotatable bonds is 1. The van der Waals surface area contributed by atoms with Crippen molar-refractivity contribution in [3.05, 3.63) is 35.1 Å². The summed E-state index contributed by atoms with van der Waals surface area (Å²) in [6.07, 6.45) is 0.580. The first kappa shape index (κ1) is 10.3. The molecule has 1 aliphatic heterocycles. The first-order chi connectivity index (χ1) is 7.18. The molecule has 0 aromatic heterocycles. The molecular formula is C12H13FO2. The lowest BCUT2D eigenvalue weighted by molar-refractivity contribution is -0.128. The summed E-state index contributed by atoms with van der Waals surface area (Å²) in [5.41, 5.74) is 1.38. The lowest BCUT2D eigenvalue weighted by Gasteiger charge is -2.23. The van der Waals surface area contributed by atoms with Crippen LogP contribution in [0.4, 0.5) is 4.39 Å². The van der Waals surface area contributed by atoms with Crippen molar-refractivity contribution in [2.75, 3.05) is 6.61 Å². The molecule has 2 nitrogen and oxygen atoms in total. The van der Waals surface area contributed by atoms with Crippen LogP contribution in [-0.2, 0) is 9.53 Å². The summed E-state index contributed by atoms with van der Waals surface area (Å²) in [4.78, 5) is 11.3. The number of Topliss-reactive ketones (excluding diaryl/α,β-unsaturated/α-hetero) is 1. The summed E-state index contributed by atoms with van der Waals surface area (Å²) < 4.78 is 18.8. The molecule has 0 amide bonds. The molecule has 1 heterocycles. The zero-order valence-corrected chi connectivity index (χ0v) is 8.63. The summed E-state index contributed by atoms with van der Waals surface area (Å²) in [6.45, 7) is 2.16. The third kappa shape index (κ3) is 2.07. The fraction of sp³-hybridized carbons (Fsp3) is 0.417. The summed E-state index contributed by atoms with van der Waals surface area (Å²) in [7, 11) is 0. The zero-order valence-electron chi connectivity index (χ0n) is 8.63. The van der Waals surface area contributed by atoms with Gasteiger partial charge in [0.2, 0.25) is 0 Å². The summed E-state index contributed by atoms with van der Waals surface area (Å²) >= 11 is 0. The van der Waals surface area contributed by atoms with Gasteiger partial charge in [-0.2, -0.15) is 0 Å². The molecule has 1 aromatic rings. The second-order valence-electron chi connectivity index (χ2n) is 3.81. The smallest absolute Gasteiger partial charge is 0.138 e. The van der Waals surface area contributed by atoms with Gasteiger partial charge in [-0.15, -0.1) is 0 Å². The van der Waals surface area contributed by atoms with Gasteiger partial charge in [-0.25, -0.2) is 4.39 Å². The van der Waals surface area contributed by atoms with E-state index in [0.717, 1.165) is 5.56 Å². The van der Waals surface area contributed by atoms with E-state index in [1.54, 1.807) is 13.0 Å². The minimum atomic E-state index is -0.262. The van der Waals surface area contributed by atoms with Gasteiger partial charge >= 0.3 is 0 Å². The van der Waals surface area contributed by atoms with Crippen molar-refractivity contribution in [3.63, 3.8) is 0 Å². The molecule has 0 spiro atoms. The molecular weight excluding hydrogens is 195 g/mol. The Morgan fingerprint density at radius 2 is 2.27 bits per heavy atom. The fourth-order valence-corrected chi connectivity index (χ4v) is 1.86. The standard InChI is InChI=1S/C12H13FO2/c1-8-10(3-2-4-11(8)13)12-7-9(14)5-6-15-12/h2-4,12H,5-7H2,1H3. The number of hydrogen-bond donors (Lipinski definition) is 0. The highest BCUT2D eigenvalue weighted by atomic mass is 19.1. The maximum absolute atomic E-state index is 13.3. The first-order valence-corrected chi connectivity index (χ1v) is 5.07. The van der Waals surface area contributed by atoms with Crippen LogP contribution in [0, 0.1) is 12.7 Å². The molecule has 80 valence electrons. The molecule has 1 aliphatic rings. The molecule has 0 N–H and O–H groups in total. The minimum absolute atomic E-state index is 0.190. The number of benzene rings is 1. The van der Waals surface area contributed by atoms with E-state index in [9.17, 15) is 9.18 Å². The van der Waals surface area contributed by atoms with Gasteiger partial charge in [0.25, 0.3) is 0 Å². The number of carbonyl (C=O) groups excluding carboxylic acids is 1. The van der Waals surface area contributed by atoms with Crippen LogP contribution >= 0.6 is 0 Å². The van der Waals surface area contributed by atoms with E-state index in [4.69, 9.17) is 4.74 Å². The summed E-state index contributed by atoms with van der Waals surface area (Å²) in [5, 5.41) is 0. The lowest BCUT2D eigenvalue weighted by Crippen LogP contribution is -2.20. The Balaban J connectivity index is 2.28. The third-order valence-corrected chi connectivity index (χ3v) is 2.77. The van der Waals surface area contributed by atoms with E-state index < -0.39 is 0 Å². The first-order valence-electron chi connectivity index (χ1n) is 5.07. The predicted molar refractivity (Wildman–Crippen MR) is 54.1 cm³/mol. The second kappa shape index (κ2) is 4.11. The van der Waals surface area contributed by atoms with Gasteiger partial charge in [0.05, 0.1) is 12.7 Å². The Labute approximate surface area is 88.1 Å². The minimum Gasteiger partial charge on any atom is -0.373 e. The average molecular weight is 208 g/mol. The molecule has 2 rings (SSSR count). The van der Waals surface area contributed by atoms with Crippen LogP contribution in [0.3, 0.4) is 0 Å². The topological polar surface area (TPSA) is 26.3 Å². The van der Waals surface area contributed by atoms with Gasteiger partial charge < -0.3 is 4.74 Å². The Morgan fingerprint density at radius 3 is 3.00 bits per heavy atom. The van der Waals surface area contributed by atoms with Crippen LogP contribution in [0.25, 0.3) is 0 Å². The fourth-order valence-electron chi connectivity index (χ4n) is 1.86. The maximum Gasteiger partial charge on any atom is 0.138 e. The Kier molecular flexibility index (Phi) is 2.82. The van der Waals surface area contributed by atoms with E-state index in [-0.39, 0.29) is 17.7 Å². The normalized spacial score (nSPS) is 21.7. The molecule has 1 unspecified atom stereocenters. The SMILES string of the molecule is Cc1c(F)cccc1C1CC(=O)CCO1. The van der Waals surface area contributed by atoms with Crippen LogP contribution in [0.5, 0.6) is 0 Å². The van der Waals surface area contributed by atoms with E-state index in [1.165, 1.54) is 6.07 Å². The van der Waals surface area contributed by atoms with Gasteiger partial charge in [0.1, 0.15) is 11.6 Å². The van der Waals surface area contributed by atoms with Crippen LogP contribution in [0.2, 0.25) is 0 Å². The quantitative estimate of drug-likeness (QED) is 0.709. The van der Waals surface area contributed by atoms with E-state index in [2.05, 4.69) is 0 Å². The second-order valence-corrected chi connectivity index (χ2v) is 3.81. The molecule has 1 aromatic carbocycles. The van der Waals surface area contributed by atoms with Gasteiger partial charge in [0, 0.05) is 12.8 Å². The largest absolute Gasteiger partial charge is 0.373 e. The van der Waals surface area contributed by atoms with Crippen molar-refractivity contribution in [1.29, 1.82) is 0 Å². The molecule has 1 saturated heterocycles. The highest BCUT2D eigenvalue weighted by Crippen LogP contribution is 2.29. The van der Waals surface area contributed by atoms with Crippen molar-refractivity contribution < 1.29 is 13.9 Å². The number of ether oxygens (including phenoxy) is 1. The van der Waals surface area contributed by atoms with Crippen LogP contribution in [-0.4, -0.2) is 12.4 Å². The average Bonchev–Trinajstić information content (AvgIpc) is 2.22. The maximum atomic E-state index is 13.3. The van der Waals surface area contributed by atoms with Crippen LogP contribution in [0.1, 0.15) is 30.1 Å². The molecule has 0 bridgehead atoms. The number of ketones is 1. The molecule has 1 fully saturated rings. The predicted octanol–water partition coefficient (Wildman–Crippen LogP) is 2.55. The Bertz CT molecular complexity index is 387. The highest BCUT2D eigenvalue weighted by Gasteiger charge is 2.23. The number of halogens is 1. The highest BCUT2D eigenvalue weighted by molar-refractivity contribution is 5.79. The van der Waals surface area contributed by atoms with Gasteiger partial charge in [-0.3, -0.25) is 4.79 Å². The van der Waals surface area contributed by atoms with Crippen molar-refractivity contribution in [3.8, 4) is 0 Å². The van der Waals surface area contributed by atoms with Crippen molar-refractivity contribution in [1.82, 2.24) is 0 Å². The van der Waals surface area contributed by atoms with Crippen LogP contribution < -0.4 is 0 Å². The van der Waals surface area contributed by atoms with E-state index in [0.29, 0.717) is 25.0 Å². The van der Waals surface area contributed by atoms with Crippen molar-refractivity contribution in [2.24, 2.45) is 0 Å². The molecule has 15 heavy (non-hydrogen) atoms. The number of hydrogen-bond acceptors (Lipinski definition) is 2. The van der Waals surface area contributed by atoms with Gasteiger partial charge in [-0.1, -0.05) is 12.1 Å². The lowest BCUT2D eigenvalue weighted by atomic mass is 9.96. The number of carbonyl (C=O) groups is 1. The van der Waals surface area contributed by atoms with Crippen molar-refractivity contribution in [2.45, 2.75) is 25.9 Å². The Morgan fingerprint density at radius 1 is 1.47 bits per heavy atom. The van der Waals surface area contributed by atoms with Crippen molar-refractivity contribution >= 4 is 5.78 Å². The molecule has 0 aliphatic carbocycles. The zero-order chi connectivity index (χ0) is 10.8. The van der Waals surface area contributed by atoms with E-state index >= 15 is 0 Å². The van der Waals surface area contributed by atoms with E-state index in [1.807, 2.05) is 6.07 Å². The molecule has 0 saturated carbocycles. The van der Waals surface area contributed by atoms with Gasteiger partial charge in [0.15, 0.2) is 0 Å².